The van der Waals surface area contributed by atoms with Crippen LogP contribution in [0.5, 0.6) is 11.5 Å². The van der Waals surface area contributed by atoms with Gasteiger partial charge in [-0.3, -0.25) is 14.6 Å². The van der Waals surface area contributed by atoms with Gasteiger partial charge in [0.15, 0.2) is 11.6 Å². The lowest BCUT2D eigenvalue weighted by Gasteiger charge is -2.25. The predicted octanol–water partition coefficient (Wildman–Crippen LogP) is 5.42. The van der Waals surface area contributed by atoms with Gasteiger partial charge in [0.05, 0.1) is 25.3 Å². The van der Waals surface area contributed by atoms with E-state index in [0.717, 1.165) is 30.9 Å². The number of carbonyl (C=O) groups excluding carboxylic acids is 2. The number of halogens is 1. The fourth-order valence-electron chi connectivity index (χ4n) is 4.34. The molecule has 1 atom stereocenters. The van der Waals surface area contributed by atoms with Crippen molar-refractivity contribution in [1.29, 1.82) is 0 Å². The van der Waals surface area contributed by atoms with Crippen LogP contribution in [0.2, 0.25) is 0 Å². The Morgan fingerprint density at radius 2 is 1.89 bits per heavy atom. The number of aromatic nitrogens is 1. The molecule has 7 nitrogen and oxygen atoms in total. The number of pyridine rings is 1. The average molecular weight is 505 g/mol. The number of unbranched alkanes of at least 4 members (excludes halogenated alkanes) is 2. The van der Waals surface area contributed by atoms with Crippen LogP contribution in [0.15, 0.2) is 72.6 Å². The van der Waals surface area contributed by atoms with Crippen LogP contribution < -0.4 is 9.47 Å². The number of likely N-dealkylation sites (tertiary alicyclic amines) is 1. The van der Waals surface area contributed by atoms with Gasteiger partial charge in [0.1, 0.15) is 11.5 Å². The van der Waals surface area contributed by atoms with Crippen molar-refractivity contribution in [2.24, 2.45) is 0 Å². The zero-order chi connectivity index (χ0) is 26.4. The fraction of sp³-hybridized carbons (Fsp3) is 0.276. The maximum atomic E-state index is 14.4. The third kappa shape index (κ3) is 5.63. The van der Waals surface area contributed by atoms with Crippen molar-refractivity contribution in [3.8, 4) is 11.5 Å². The zero-order valence-corrected chi connectivity index (χ0v) is 20.8. The fourth-order valence-corrected chi connectivity index (χ4v) is 4.34. The number of amides is 1. The van der Waals surface area contributed by atoms with E-state index in [4.69, 9.17) is 9.47 Å². The molecular weight excluding hydrogens is 475 g/mol. The van der Waals surface area contributed by atoms with Gasteiger partial charge in [-0.1, -0.05) is 38.0 Å². The van der Waals surface area contributed by atoms with E-state index in [2.05, 4.69) is 11.9 Å². The second kappa shape index (κ2) is 11.7. The third-order valence-electron chi connectivity index (χ3n) is 6.25. The molecule has 0 aliphatic carbocycles. The monoisotopic (exact) mass is 504 g/mol. The lowest BCUT2D eigenvalue weighted by molar-refractivity contribution is -0.140. The quantitative estimate of drug-likeness (QED) is 0.172. The number of methoxy groups -OCH3 is 1. The van der Waals surface area contributed by atoms with E-state index >= 15 is 0 Å². The standard InChI is InChI=1S/C29H29FN2O5/c1-3-4-5-15-37-22-11-8-20(9-12-22)26-25(27(33)21-10-13-24(36-2)23(30)16-21)28(34)29(35)32(26)18-19-7-6-14-31-17-19/h6-14,16-17,26,33H,3-5,15,18H2,1-2H3/b27-25-. The van der Waals surface area contributed by atoms with Gasteiger partial charge >= 0.3 is 0 Å². The SMILES string of the molecule is CCCCCOc1ccc(C2/C(=C(/O)c3ccc(OC)c(F)c3)C(=O)C(=O)N2Cc2cccnc2)cc1. The Morgan fingerprint density at radius 1 is 1.11 bits per heavy atom. The molecule has 1 aliphatic heterocycles. The number of Topliss-reactive ketones (excluding diaryl/α,β-unsaturated/α-hetero) is 1. The molecule has 2 heterocycles. The molecule has 37 heavy (non-hydrogen) atoms. The van der Waals surface area contributed by atoms with E-state index in [-0.39, 0.29) is 23.4 Å². The summed E-state index contributed by atoms with van der Waals surface area (Å²) in [6.45, 7) is 2.82. The molecule has 1 fully saturated rings. The minimum absolute atomic E-state index is 0.000320. The first-order chi connectivity index (χ1) is 17.9. The Hall–Kier alpha value is -4.20. The average Bonchev–Trinajstić information content (AvgIpc) is 3.16. The molecule has 1 unspecified atom stereocenters. The molecule has 3 aromatic rings. The largest absolute Gasteiger partial charge is 0.507 e. The smallest absolute Gasteiger partial charge is 0.295 e. The molecular formula is C29H29FN2O5. The highest BCUT2D eigenvalue weighted by Gasteiger charge is 2.46. The normalized spacial score (nSPS) is 16.7. The number of hydrogen-bond acceptors (Lipinski definition) is 6. The van der Waals surface area contributed by atoms with Crippen molar-refractivity contribution < 1.29 is 28.6 Å². The van der Waals surface area contributed by atoms with E-state index in [1.54, 1.807) is 48.8 Å². The van der Waals surface area contributed by atoms with E-state index in [1.807, 2.05) is 0 Å². The maximum Gasteiger partial charge on any atom is 0.295 e. The van der Waals surface area contributed by atoms with Crippen LogP contribution in [-0.2, 0) is 16.1 Å². The molecule has 2 aromatic carbocycles. The van der Waals surface area contributed by atoms with Crippen LogP contribution in [0.1, 0.15) is 48.9 Å². The third-order valence-corrected chi connectivity index (χ3v) is 6.25. The van der Waals surface area contributed by atoms with Crippen molar-refractivity contribution in [3.05, 3.63) is 95.1 Å². The highest BCUT2D eigenvalue weighted by molar-refractivity contribution is 6.46. The Bertz CT molecular complexity index is 1290. The van der Waals surface area contributed by atoms with Crippen LogP contribution in [-0.4, -0.2) is 40.4 Å². The van der Waals surface area contributed by atoms with Crippen LogP contribution in [0, 0.1) is 5.82 Å². The summed E-state index contributed by atoms with van der Waals surface area (Å²) in [5, 5.41) is 11.2. The predicted molar refractivity (Wildman–Crippen MR) is 136 cm³/mol. The molecule has 1 N–H and O–H groups in total. The maximum absolute atomic E-state index is 14.4. The minimum atomic E-state index is -0.889. The Labute approximate surface area is 215 Å². The highest BCUT2D eigenvalue weighted by atomic mass is 19.1. The second-order valence-corrected chi connectivity index (χ2v) is 8.76. The molecule has 4 rings (SSSR count). The first kappa shape index (κ1) is 25.9. The summed E-state index contributed by atoms with van der Waals surface area (Å²) < 4.78 is 25.2. The number of aliphatic hydroxyl groups excluding tert-OH is 1. The number of ether oxygens (including phenoxy) is 2. The molecule has 0 radical (unpaired) electrons. The first-order valence-electron chi connectivity index (χ1n) is 12.2. The van der Waals surface area contributed by atoms with E-state index in [0.29, 0.717) is 17.9 Å². The van der Waals surface area contributed by atoms with Gasteiger partial charge in [0.25, 0.3) is 11.7 Å². The molecule has 1 amide bonds. The van der Waals surface area contributed by atoms with Crippen molar-refractivity contribution in [2.45, 2.75) is 38.8 Å². The summed E-state index contributed by atoms with van der Waals surface area (Å²) in [6, 6.07) is 13.6. The van der Waals surface area contributed by atoms with Gasteiger partial charge < -0.3 is 19.5 Å². The van der Waals surface area contributed by atoms with Crippen molar-refractivity contribution >= 4 is 17.4 Å². The summed E-state index contributed by atoms with van der Waals surface area (Å²) in [4.78, 5) is 31.9. The van der Waals surface area contributed by atoms with Gasteiger partial charge in [-0.2, -0.15) is 0 Å². The number of nitrogens with zero attached hydrogens (tertiary/aromatic N) is 2. The van der Waals surface area contributed by atoms with Crippen molar-refractivity contribution in [3.63, 3.8) is 0 Å². The summed E-state index contributed by atoms with van der Waals surface area (Å²) in [7, 11) is 1.33. The van der Waals surface area contributed by atoms with Gasteiger partial charge in [0, 0.05) is 24.5 Å². The number of benzene rings is 2. The van der Waals surface area contributed by atoms with Gasteiger partial charge in [-0.05, 0) is 53.9 Å². The topological polar surface area (TPSA) is 89.0 Å². The number of aliphatic hydroxyl groups is 1. The Morgan fingerprint density at radius 3 is 2.54 bits per heavy atom. The second-order valence-electron chi connectivity index (χ2n) is 8.76. The minimum Gasteiger partial charge on any atom is -0.507 e. The molecule has 8 heteroatoms. The number of rotatable bonds is 10. The number of hydrogen-bond donors (Lipinski definition) is 1. The van der Waals surface area contributed by atoms with Crippen LogP contribution >= 0.6 is 0 Å². The molecule has 1 aliphatic rings. The molecule has 0 spiro atoms. The van der Waals surface area contributed by atoms with Gasteiger partial charge in [-0.25, -0.2) is 4.39 Å². The molecule has 0 saturated carbocycles. The van der Waals surface area contributed by atoms with E-state index in [1.165, 1.54) is 24.1 Å². The van der Waals surface area contributed by atoms with Crippen LogP contribution in [0.3, 0.4) is 0 Å². The van der Waals surface area contributed by atoms with Gasteiger partial charge in [-0.15, -0.1) is 0 Å². The summed E-state index contributed by atoms with van der Waals surface area (Å²) in [5.41, 5.74) is 1.29. The Kier molecular flexibility index (Phi) is 8.18. The van der Waals surface area contributed by atoms with Crippen molar-refractivity contribution in [1.82, 2.24) is 9.88 Å². The first-order valence-corrected chi connectivity index (χ1v) is 12.2. The summed E-state index contributed by atoms with van der Waals surface area (Å²) in [5.74, 6) is -2.09. The zero-order valence-electron chi connectivity index (χ0n) is 20.8. The summed E-state index contributed by atoms with van der Waals surface area (Å²) in [6.07, 6.45) is 6.35. The van der Waals surface area contributed by atoms with Crippen LogP contribution in [0.25, 0.3) is 5.76 Å². The van der Waals surface area contributed by atoms with Gasteiger partial charge in [0.2, 0.25) is 0 Å². The highest BCUT2D eigenvalue weighted by Crippen LogP contribution is 2.41. The molecule has 1 saturated heterocycles. The number of carbonyl (C=O) groups is 2. The van der Waals surface area contributed by atoms with E-state index < -0.39 is 29.3 Å². The van der Waals surface area contributed by atoms with E-state index in [9.17, 15) is 19.1 Å². The molecule has 0 bridgehead atoms. The van der Waals surface area contributed by atoms with Crippen molar-refractivity contribution in [2.75, 3.05) is 13.7 Å². The molecule has 192 valence electrons. The lowest BCUT2D eigenvalue weighted by Crippen LogP contribution is -2.29. The molecule has 1 aromatic heterocycles. The number of ketones is 1. The van der Waals surface area contributed by atoms with Crippen LogP contribution in [0.4, 0.5) is 4.39 Å². The Balaban J connectivity index is 1.74. The summed E-state index contributed by atoms with van der Waals surface area (Å²) >= 11 is 0. The lowest BCUT2D eigenvalue weighted by atomic mass is 9.95.